The fourth-order valence-corrected chi connectivity index (χ4v) is 2.85. The molecule has 0 radical (unpaired) electrons. The average Bonchev–Trinajstić information content (AvgIpc) is 2.67. The van der Waals surface area contributed by atoms with Crippen molar-refractivity contribution in [3.05, 3.63) is 65.2 Å². The number of hydrogen-bond donors (Lipinski definition) is 1. The maximum atomic E-state index is 12.1. The SMILES string of the molecule is CCOc1ccc(C(=O)OCC(=O)N[C@@H](C)c2ccc(CC(C)C)cc2)cc1. The molecule has 5 nitrogen and oxygen atoms in total. The van der Waals surface area contributed by atoms with Crippen molar-refractivity contribution in [2.24, 2.45) is 5.92 Å². The number of rotatable bonds is 9. The summed E-state index contributed by atoms with van der Waals surface area (Å²) in [6.07, 6.45) is 1.03. The summed E-state index contributed by atoms with van der Waals surface area (Å²) in [7, 11) is 0. The van der Waals surface area contributed by atoms with E-state index in [0.29, 0.717) is 23.8 Å². The van der Waals surface area contributed by atoms with Gasteiger partial charge in [-0.1, -0.05) is 38.1 Å². The van der Waals surface area contributed by atoms with E-state index in [1.165, 1.54) is 5.56 Å². The first-order chi connectivity index (χ1) is 13.4. The molecule has 0 bridgehead atoms. The quantitative estimate of drug-likeness (QED) is 0.655. The van der Waals surface area contributed by atoms with Gasteiger partial charge in [0.2, 0.25) is 0 Å². The van der Waals surface area contributed by atoms with Crippen LogP contribution in [0.5, 0.6) is 5.75 Å². The minimum absolute atomic E-state index is 0.162. The van der Waals surface area contributed by atoms with Crippen molar-refractivity contribution in [1.82, 2.24) is 5.32 Å². The van der Waals surface area contributed by atoms with Crippen LogP contribution in [-0.2, 0) is 16.0 Å². The Morgan fingerprint density at radius 2 is 1.61 bits per heavy atom. The molecule has 0 aromatic heterocycles. The van der Waals surface area contributed by atoms with Crippen LogP contribution in [0.4, 0.5) is 0 Å². The highest BCUT2D eigenvalue weighted by atomic mass is 16.5. The van der Waals surface area contributed by atoms with E-state index < -0.39 is 5.97 Å². The van der Waals surface area contributed by atoms with Gasteiger partial charge in [-0.05, 0) is 61.6 Å². The van der Waals surface area contributed by atoms with Crippen LogP contribution < -0.4 is 10.1 Å². The molecule has 1 atom stereocenters. The van der Waals surface area contributed by atoms with Gasteiger partial charge in [0.05, 0.1) is 18.2 Å². The van der Waals surface area contributed by atoms with Crippen molar-refractivity contribution in [2.45, 2.75) is 40.2 Å². The Labute approximate surface area is 167 Å². The molecule has 0 unspecified atom stereocenters. The molecule has 0 spiro atoms. The second-order valence-corrected chi connectivity index (χ2v) is 7.16. The van der Waals surface area contributed by atoms with Gasteiger partial charge in [-0.15, -0.1) is 0 Å². The van der Waals surface area contributed by atoms with Gasteiger partial charge >= 0.3 is 5.97 Å². The Balaban J connectivity index is 1.81. The van der Waals surface area contributed by atoms with Crippen LogP contribution in [0.1, 0.15) is 55.2 Å². The first-order valence-electron chi connectivity index (χ1n) is 9.67. The standard InChI is InChI=1S/C23H29NO4/c1-5-27-21-12-10-20(11-13-21)23(26)28-15-22(25)24-17(4)19-8-6-18(7-9-19)14-16(2)3/h6-13,16-17H,5,14-15H2,1-4H3,(H,24,25)/t17-/m0/s1. The number of carbonyl (C=O) groups is 2. The molecule has 0 aliphatic carbocycles. The fourth-order valence-electron chi connectivity index (χ4n) is 2.85. The minimum Gasteiger partial charge on any atom is -0.494 e. The largest absolute Gasteiger partial charge is 0.494 e. The van der Waals surface area contributed by atoms with Crippen LogP contribution in [0.3, 0.4) is 0 Å². The molecular weight excluding hydrogens is 354 g/mol. The molecule has 0 aliphatic rings. The van der Waals surface area contributed by atoms with Gasteiger partial charge in [0, 0.05) is 0 Å². The molecule has 0 fully saturated rings. The summed E-state index contributed by atoms with van der Waals surface area (Å²) in [6.45, 7) is 8.41. The normalized spacial score (nSPS) is 11.8. The number of carbonyl (C=O) groups excluding carboxylic acids is 2. The summed E-state index contributed by atoms with van der Waals surface area (Å²) in [5.74, 6) is 0.417. The highest BCUT2D eigenvalue weighted by Crippen LogP contribution is 2.16. The molecule has 150 valence electrons. The van der Waals surface area contributed by atoms with E-state index in [9.17, 15) is 9.59 Å². The van der Waals surface area contributed by atoms with E-state index in [-0.39, 0.29) is 18.6 Å². The van der Waals surface area contributed by atoms with Gasteiger partial charge in [0.25, 0.3) is 5.91 Å². The van der Waals surface area contributed by atoms with Crippen molar-refractivity contribution in [3.8, 4) is 5.75 Å². The summed E-state index contributed by atoms with van der Waals surface area (Å²) >= 11 is 0. The van der Waals surface area contributed by atoms with Crippen LogP contribution in [0.15, 0.2) is 48.5 Å². The Hall–Kier alpha value is -2.82. The second-order valence-electron chi connectivity index (χ2n) is 7.16. The fraction of sp³-hybridized carbons (Fsp3) is 0.391. The monoisotopic (exact) mass is 383 g/mol. The zero-order chi connectivity index (χ0) is 20.5. The molecular formula is C23H29NO4. The lowest BCUT2D eigenvalue weighted by molar-refractivity contribution is -0.124. The molecule has 28 heavy (non-hydrogen) atoms. The van der Waals surface area contributed by atoms with Crippen LogP contribution in [0, 0.1) is 5.92 Å². The molecule has 0 aliphatic heterocycles. The van der Waals surface area contributed by atoms with Gasteiger partial charge in [-0.2, -0.15) is 0 Å². The lowest BCUT2D eigenvalue weighted by atomic mass is 10.00. The number of hydrogen-bond acceptors (Lipinski definition) is 4. The Kier molecular flexibility index (Phi) is 8.05. The van der Waals surface area contributed by atoms with Gasteiger partial charge in [-0.3, -0.25) is 4.79 Å². The van der Waals surface area contributed by atoms with Crippen molar-refractivity contribution in [3.63, 3.8) is 0 Å². The predicted octanol–water partition coefficient (Wildman–Crippen LogP) is 4.32. The smallest absolute Gasteiger partial charge is 0.338 e. The topological polar surface area (TPSA) is 64.6 Å². The average molecular weight is 383 g/mol. The van der Waals surface area contributed by atoms with Crippen LogP contribution >= 0.6 is 0 Å². The van der Waals surface area contributed by atoms with E-state index in [2.05, 4.69) is 31.3 Å². The van der Waals surface area contributed by atoms with Gasteiger partial charge in [0.15, 0.2) is 6.61 Å². The van der Waals surface area contributed by atoms with E-state index >= 15 is 0 Å². The molecule has 5 heteroatoms. The van der Waals surface area contributed by atoms with Crippen molar-refractivity contribution in [1.29, 1.82) is 0 Å². The summed E-state index contributed by atoms with van der Waals surface area (Å²) in [5.41, 5.74) is 2.67. The predicted molar refractivity (Wildman–Crippen MR) is 109 cm³/mol. The van der Waals surface area contributed by atoms with Gasteiger partial charge in [0.1, 0.15) is 5.75 Å². The number of ether oxygens (including phenoxy) is 2. The molecule has 1 amide bonds. The molecule has 2 rings (SSSR count). The van der Waals surface area contributed by atoms with E-state index in [0.717, 1.165) is 12.0 Å². The highest BCUT2D eigenvalue weighted by molar-refractivity contribution is 5.91. The van der Waals surface area contributed by atoms with Gasteiger partial charge in [-0.25, -0.2) is 4.79 Å². The number of esters is 1. The number of benzene rings is 2. The second kappa shape index (κ2) is 10.5. The lowest BCUT2D eigenvalue weighted by Gasteiger charge is -2.15. The Bertz CT molecular complexity index is 766. The first kappa shape index (κ1) is 21.5. The summed E-state index contributed by atoms with van der Waals surface area (Å²) < 4.78 is 10.4. The third kappa shape index (κ3) is 6.72. The van der Waals surface area contributed by atoms with Crippen LogP contribution in [0.25, 0.3) is 0 Å². The molecule has 0 heterocycles. The maximum absolute atomic E-state index is 12.1. The Morgan fingerprint density at radius 3 is 2.18 bits per heavy atom. The zero-order valence-corrected chi connectivity index (χ0v) is 17.0. The third-order valence-corrected chi connectivity index (χ3v) is 4.24. The Morgan fingerprint density at radius 1 is 0.964 bits per heavy atom. The lowest BCUT2D eigenvalue weighted by Crippen LogP contribution is -2.31. The molecule has 2 aromatic rings. The van der Waals surface area contributed by atoms with E-state index in [1.54, 1.807) is 24.3 Å². The first-order valence-corrected chi connectivity index (χ1v) is 9.67. The summed E-state index contributed by atoms with van der Waals surface area (Å²) in [4.78, 5) is 24.2. The summed E-state index contributed by atoms with van der Waals surface area (Å²) in [6, 6.07) is 14.7. The minimum atomic E-state index is -0.538. The van der Waals surface area contributed by atoms with E-state index in [4.69, 9.17) is 9.47 Å². The van der Waals surface area contributed by atoms with E-state index in [1.807, 2.05) is 26.0 Å². The maximum Gasteiger partial charge on any atom is 0.338 e. The number of nitrogens with one attached hydrogen (secondary N) is 1. The molecule has 0 saturated carbocycles. The molecule has 0 saturated heterocycles. The summed E-state index contributed by atoms with van der Waals surface area (Å²) in [5, 5.41) is 2.85. The van der Waals surface area contributed by atoms with Gasteiger partial charge < -0.3 is 14.8 Å². The zero-order valence-electron chi connectivity index (χ0n) is 17.0. The molecule has 1 N–H and O–H groups in total. The van der Waals surface area contributed by atoms with Crippen LogP contribution in [0.2, 0.25) is 0 Å². The highest BCUT2D eigenvalue weighted by Gasteiger charge is 2.13. The van der Waals surface area contributed by atoms with Crippen molar-refractivity contribution < 1.29 is 19.1 Å². The molecule has 2 aromatic carbocycles. The van der Waals surface area contributed by atoms with Crippen LogP contribution in [-0.4, -0.2) is 25.1 Å². The van der Waals surface area contributed by atoms with Crippen molar-refractivity contribution in [2.75, 3.05) is 13.2 Å². The van der Waals surface area contributed by atoms with Crippen molar-refractivity contribution >= 4 is 11.9 Å². The third-order valence-electron chi connectivity index (χ3n) is 4.24. The number of amides is 1.